The first kappa shape index (κ1) is 17.0. The molecule has 1 aromatic carbocycles. The Kier molecular flexibility index (Phi) is 6.62. The number of nitrogens with one attached hydrogen (secondary N) is 1. The van der Waals surface area contributed by atoms with Gasteiger partial charge in [-0.15, -0.1) is 0 Å². The van der Waals surface area contributed by atoms with E-state index in [0.29, 0.717) is 13.2 Å². The van der Waals surface area contributed by atoms with E-state index in [-0.39, 0.29) is 11.7 Å². The Morgan fingerprint density at radius 2 is 2.17 bits per heavy atom. The van der Waals surface area contributed by atoms with Crippen molar-refractivity contribution < 1.29 is 4.74 Å². The number of nitrogens with zero attached hydrogens (tertiary/aromatic N) is 2. The molecule has 0 radical (unpaired) electrons. The predicted molar refractivity (Wildman–Crippen MR) is 94.0 cm³/mol. The maximum absolute atomic E-state index is 7.13. The molecule has 0 aromatic heterocycles. The van der Waals surface area contributed by atoms with Crippen LogP contribution in [-0.4, -0.2) is 42.8 Å². The highest BCUT2D eigenvalue weighted by atomic mass is 16.5. The zero-order valence-corrected chi connectivity index (χ0v) is 13.4. The Morgan fingerprint density at radius 3 is 2.91 bits per heavy atom. The summed E-state index contributed by atoms with van der Waals surface area (Å²) in [5, 5.41) is 7.13. The van der Waals surface area contributed by atoms with Gasteiger partial charge < -0.3 is 16.2 Å². The topological polar surface area (TPSA) is 101 Å². The van der Waals surface area contributed by atoms with Gasteiger partial charge in [0.05, 0.1) is 6.61 Å². The van der Waals surface area contributed by atoms with E-state index < -0.39 is 0 Å². The first-order valence-corrected chi connectivity index (χ1v) is 7.88. The summed E-state index contributed by atoms with van der Waals surface area (Å²) in [6.07, 6.45) is 6.31. The number of nitrogens with two attached hydrogens (primary N) is 2. The Labute approximate surface area is 137 Å². The molecule has 1 aromatic rings. The zero-order chi connectivity index (χ0) is 16.5. The second-order valence-corrected chi connectivity index (χ2v) is 5.53. The fraction of sp³-hybridized carbons (Fsp3) is 0.412. The van der Waals surface area contributed by atoms with Crippen LogP contribution in [-0.2, 0) is 6.54 Å². The lowest BCUT2D eigenvalue weighted by Gasteiger charge is -2.23. The van der Waals surface area contributed by atoms with Crippen LogP contribution in [0.2, 0.25) is 0 Å². The van der Waals surface area contributed by atoms with Gasteiger partial charge in [0, 0.05) is 32.6 Å². The molecule has 0 fully saturated rings. The summed E-state index contributed by atoms with van der Waals surface area (Å²) in [6, 6.07) is 8.21. The first-order valence-electron chi connectivity index (χ1n) is 7.88. The summed E-state index contributed by atoms with van der Waals surface area (Å²) in [7, 11) is 0. The van der Waals surface area contributed by atoms with Gasteiger partial charge in [0.1, 0.15) is 5.75 Å². The van der Waals surface area contributed by atoms with Crippen molar-refractivity contribution in [2.45, 2.75) is 19.4 Å². The summed E-state index contributed by atoms with van der Waals surface area (Å²) in [6.45, 7) is 4.13. The Bertz CT molecular complexity index is 582. The smallest absolute Gasteiger partial charge is 0.161 e. The van der Waals surface area contributed by atoms with Crippen LogP contribution in [0.4, 0.5) is 0 Å². The molecular weight excluding hydrogens is 290 g/mol. The number of hydrogen-bond acceptors (Lipinski definition) is 4. The number of rotatable bonds is 7. The number of aliphatic imine (C=N–C) groups is 1. The van der Waals surface area contributed by atoms with Gasteiger partial charge >= 0.3 is 0 Å². The van der Waals surface area contributed by atoms with Crippen LogP contribution in [0.1, 0.15) is 18.4 Å². The van der Waals surface area contributed by atoms with Gasteiger partial charge in [0.25, 0.3) is 0 Å². The molecule has 23 heavy (non-hydrogen) atoms. The summed E-state index contributed by atoms with van der Waals surface area (Å²) >= 11 is 0. The Morgan fingerprint density at radius 1 is 1.30 bits per heavy atom. The van der Waals surface area contributed by atoms with Crippen LogP contribution in [0.3, 0.4) is 0 Å². The molecule has 1 aliphatic heterocycles. The largest absolute Gasteiger partial charge is 0.494 e. The highest BCUT2D eigenvalue weighted by Crippen LogP contribution is 2.16. The number of hydrogen-bond donors (Lipinski definition) is 3. The molecule has 0 bridgehead atoms. The van der Waals surface area contributed by atoms with Crippen molar-refractivity contribution in [2.24, 2.45) is 16.5 Å². The molecule has 5 N–H and O–H groups in total. The van der Waals surface area contributed by atoms with E-state index in [4.69, 9.17) is 21.6 Å². The van der Waals surface area contributed by atoms with E-state index in [0.717, 1.165) is 38.2 Å². The van der Waals surface area contributed by atoms with E-state index in [1.165, 1.54) is 5.56 Å². The van der Waals surface area contributed by atoms with Gasteiger partial charge in [-0.3, -0.25) is 15.3 Å². The molecule has 0 amide bonds. The number of ether oxygens (including phenoxy) is 1. The third-order valence-corrected chi connectivity index (χ3v) is 3.58. The number of amidine groups is 2. The van der Waals surface area contributed by atoms with E-state index in [9.17, 15) is 0 Å². The van der Waals surface area contributed by atoms with Crippen LogP contribution >= 0.6 is 0 Å². The van der Waals surface area contributed by atoms with E-state index >= 15 is 0 Å². The van der Waals surface area contributed by atoms with Crippen LogP contribution < -0.4 is 16.2 Å². The molecule has 0 spiro atoms. The van der Waals surface area contributed by atoms with Crippen LogP contribution in [0.25, 0.3) is 0 Å². The highest BCUT2D eigenvalue weighted by Gasteiger charge is 2.07. The van der Waals surface area contributed by atoms with Crippen LogP contribution in [0.15, 0.2) is 41.4 Å². The molecule has 124 valence electrons. The van der Waals surface area contributed by atoms with Crippen molar-refractivity contribution >= 4 is 11.7 Å². The van der Waals surface area contributed by atoms with Gasteiger partial charge in [-0.2, -0.15) is 0 Å². The quantitative estimate of drug-likeness (QED) is 0.307. The molecule has 6 heteroatoms. The lowest BCUT2D eigenvalue weighted by molar-refractivity contribution is 0.288. The first-order chi connectivity index (χ1) is 11.1. The molecule has 0 saturated heterocycles. The van der Waals surface area contributed by atoms with Gasteiger partial charge in [-0.1, -0.05) is 24.3 Å². The van der Waals surface area contributed by atoms with Crippen molar-refractivity contribution in [1.82, 2.24) is 4.90 Å². The summed E-state index contributed by atoms with van der Waals surface area (Å²) < 4.78 is 5.75. The molecule has 0 saturated carbocycles. The molecule has 0 aliphatic carbocycles. The summed E-state index contributed by atoms with van der Waals surface area (Å²) in [5.74, 6) is 0.771. The van der Waals surface area contributed by atoms with Crippen molar-refractivity contribution in [3.05, 3.63) is 42.0 Å². The minimum Gasteiger partial charge on any atom is -0.494 e. The van der Waals surface area contributed by atoms with Gasteiger partial charge in [0.15, 0.2) is 11.7 Å². The average Bonchev–Trinajstić information content (AvgIpc) is 2.55. The normalized spacial score (nSPS) is 15.6. The second kappa shape index (κ2) is 8.95. The Balaban J connectivity index is 1.75. The second-order valence-electron chi connectivity index (χ2n) is 5.53. The van der Waals surface area contributed by atoms with Gasteiger partial charge in [-0.05, 0) is 24.1 Å². The Hall–Kier alpha value is -2.34. The summed E-state index contributed by atoms with van der Waals surface area (Å²) in [4.78, 5) is 6.42. The molecule has 0 atom stereocenters. The minimum atomic E-state index is -0.189. The lowest BCUT2D eigenvalue weighted by Crippen LogP contribution is -2.30. The molecule has 1 aliphatic rings. The van der Waals surface area contributed by atoms with Crippen molar-refractivity contribution in [3.63, 3.8) is 0 Å². The monoisotopic (exact) mass is 315 g/mol. The van der Waals surface area contributed by atoms with Crippen molar-refractivity contribution in [3.8, 4) is 5.75 Å². The van der Waals surface area contributed by atoms with Crippen LogP contribution in [0.5, 0.6) is 5.75 Å². The SMILES string of the molecule is N=C(N)C(N)=NCCCOc1cccc(CN2CC=CCC2)c1. The predicted octanol–water partition coefficient (Wildman–Crippen LogP) is 1.51. The third kappa shape index (κ3) is 6.12. The molecular formula is C17H25N5O. The molecule has 0 unspecified atom stereocenters. The minimum absolute atomic E-state index is 0.0857. The van der Waals surface area contributed by atoms with Gasteiger partial charge in [0.2, 0.25) is 0 Å². The summed E-state index contributed by atoms with van der Waals surface area (Å²) in [5.41, 5.74) is 12.0. The van der Waals surface area contributed by atoms with Gasteiger partial charge in [-0.25, -0.2) is 0 Å². The van der Waals surface area contributed by atoms with E-state index in [1.807, 2.05) is 12.1 Å². The number of benzene rings is 1. The fourth-order valence-electron chi connectivity index (χ4n) is 2.36. The van der Waals surface area contributed by atoms with Crippen LogP contribution in [0, 0.1) is 5.41 Å². The highest BCUT2D eigenvalue weighted by molar-refractivity contribution is 6.37. The van der Waals surface area contributed by atoms with E-state index in [2.05, 4.69) is 34.2 Å². The lowest BCUT2D eigenvalue weighted by atomic mass is 10.1. The van der Waals surface area contributed by atoms with E-state index in [1.54, 1.807) is 0 Å². The van der Waals surface area contributed by atoms with Crippen molar-refractivity contribution in [2.75, 3.05) is 26.2 Å². The molecule has 2 rings (SSSR count). The zero-order valence-electron chi connectivity index (χ0n) is 13.4. The maximum atomic E-state index is 7.13. The fourth-order valence-corrected chi connectivity index (χ4v) is 2.36. The molecule has 1 heterocycles. The third-order valence-electron chi connectivity index (χ3n) is 3.58. The maximum Gasteiger partial charge on any atom is 0.161 e. The molecule has 6 nitrogen and oxygen atoms in total. The standard InChI is InChI=1S/C17H25N5O/c18-16(19)17(20)21-8-5-11-23-15-7-4-6-14(12-15)13-22-9-2-1-3-10-22/h1-2,4,6-7,12H,3,5,8-11,13H2,(H3,18,19)(H2,20,21). The average molecular weight is 315 g/mol. The van der Waals surface area contributed by atoms with Crippen molar-refractivity contribution in [1.29, 1.82) is 5.41 Å².